The quantitative estimate of drug-likeness (QED) is 0.495. The summed E-state index contributed by atoms with van der Waals surface area (Å²) in [6, 6.07) is 4.46. The highest BCUT2D eigenvalue weighted by Crippen LogP contribution is 2.26. The predicted octanol–water partition coefficient (Wildman–Crippen LogP) is 2.08. The lowest BCUT2D eigenvalue weighted by Crippen LogP contribution is -2.18. The van der Waals surface area contributed by atoms with Crippen LogP contribution in [-0.4, -0.2) is 26.6 Å². The molecule has 2 unspecified atom stereocenters. The average Bonchev–Trinajstić information content (AvgIpc) is 2.28. The third-order valence-corrected chi connectivity index (χ3v) is 3.00. The zero-order valence-corrected chi connectivity index (χ0v) is 10.9. The summed E-state index contributed by atoms with van der Waals surface area (Å²) in [5.74, 6) is 0. The van der Waals surface area contributed by atoms with E-state index in [1.807, 2.05) is 0 Å². The molecule has 17 heavy (non-hydrogen) atoms. The van der Waals surface area contributed by atoms with E-state index in [0.717, 1.165) is 0 Å². The molecular formula is C11H14BrNO4. The number of benzene rings is 1. The monoisotopic (exact) mass is 303 g/mol. The minimum Gasteiger partial charge on any atom is -0.390 e. The lowest BCUT2D eigenvalue weighted by molar-refractivity contribution is -0.385. The first-order valence-corrected chi connectivity index (χ1v) is 6.26. The fraction of sp³-hybridized carbons (Fsp3) is 0.455. The van der Waals surface area contributed by atoms with Crippen LogP contribution in [0.4, 0.5) is 5.69 Å². The van der Waals surface area contributed by atoms with Crippen LogP contribution in [0.3, 0.4) is 0 Å². The predicted molar refractivity (Wildman–Crippen MR) is 67.2 cm³/mol. The van der Waals surface area contributed by atoms with E-state index >= 15 is 0 Å². The lowest BCUT2D eigenvalue weighted by Gasteiger charge is -2.17. The Kier molecular flexibility index (Phi) is 5.04. The van der Waals surface area contributed by atoms with Crippen LogP contribution in [0.25, 0.3) is 0 Å². The second-order valence-corrected chi connectivity index (χ2v) is 4.59. The van der Waals surface area contributed by atoms with Crippen LogP contribution in [0.15, 0.2) is 18.2 Å². The second kappa shape index (κ2) is 6.09. The van der Waals surface area contributed by atoms with Gasteiger partial charge in [0.1, 0.15) is 6.10 Å². The first-order valence-electron chi connectivity index (χ1n) is 5.14. The van der Waals surface area contributed by atoms with Crippen LogP contribution >= 0.6 is 15.9 Å². The number of rotatable bonds is 5. The van der Waals surface area contributed by atoms with Crippen LogP contribution in [0.1, 0.15) is 23.7 Å². The van der Waals surface area contributed by atoms with Crippen LogP contribution in [-0.2, 0) is 0 Å². The van der Waals surface area contributed by atoms with Crippen LogP contribution in [0, 0.1) is 17.0 Å². The molecule has 0 saturated carbocycles. The molecular weight excluding hydrogens is 290 g/mol. The normalized spacial score (nSPS) is 14.4. The fourth-order valence-electron chi connectivity index (χ4n) is 1.50. The average molecular weight is 304 g/mol. The van der Waals surface area contributed by atoms with Crippen molar-refractivity contribution in [3.63, 3.8) is 0 Å². The van der Waals surface area contributed by atoms with Gasteiger partial charge in [0, 0.05) is 17.0 Å². The highest BCUT2D eigenvalue weighted by molar-refractivity contribution is 9.09. The molecule has 94 valence electrons. The van der Waals surface area contributed by atoms with E-state index in [1.54, 1.807) is 19.1 Å². The molecule has 0 spiro atoms. The molecule has 6 heteroatoms. The van der Waals surface area contributed by atoms with Crippen LogP contribution in [0.5, 0.6) is 0 Å². The topological polar surface area (TPSA) is 83.6 Å². The zero-order chi connectivity index (χ0) is 13.0. The number of nitrogens with zero attached hydrogens (tertiary/aromatic N) is 1. The standard InChI is InChI=1S/C11H14BrNO4/c1-7-2-3-8(6-9(7)13(16)17)11(15)10(14)4-5-12/h2-3,6,10-11,14-15H,4-5H2,1H3. The van der Waals surface area contributed by atoms with E-state index in [4.69, 9.17) is 0 Å². The van der Waals surface area contributed by atoms with E-state index in [9.17, 15) is 20.3 Å². The summed E-state index contributed by atoms with van der Waals surface area (Å²) in [7, 11) is 0. The Morgan fingerprint density at radius 3 is 2.65 bits per heavy atom. The van der Waals surface area contributed by atoms with E-state index < -0.39 is 17.1 Å². The Morgan fingerprint density at radius 2 is 2.12 bits per heavy atom. The number of aliphatic hydroxyl groups is 2. The first kappa shape index (κ1) is 14.1. The third kappa shape index (κ3) is 3.49. The van der Waals surface area contributed by atoms with Crippen molar-refractivity contribution in [2.45, 2.75) is 25.6 Å². The summed E-state index contributed by atoms with van der Waals surface area (Å²) in [6.07, 6.45) is -1.66. The number of aryl methyl sites for hydroxylation is 1. The van der Waals surface area contributed by atoms with E-state index in [2.05, 4.69) is 15.9 Å². The van der Waals surface area contributed by atoms with Gasteiger partial charge < -0.3 is 10.2 Å². The Balaban J connectivity index is 2.99. The molecule has 2 atom stereocenters. The maximum atomic E-state index is 10.7. The Labute approximate surface area is 107 Å². The number of aliphatic hydroxyl groups excluding tert-OH is 2. The smallest absolute Gasteiger partial charge is 0.272 e. The van der Waals surface area contributed by atoms with Crippen LogP contribution < -0.4 is 0 Å². The molecule has 0 aliphatic heterocycles. The number of hydrogen-bond acceptors (Lipinski definition) is 4. The summed E-state index contributed by atoms with van der Waals surface area (Å²) in [6.45, 7) is 1.63. The number of nitro groups is 1. The highest BCUT2D eigenvalue weighted by atomic mass is 79.9. The molecule has 1 aromatic carbocycles. The number of halogens is 1. The van der Waals surface area contributed by atoms with Gasteiger partial charge in [-0.1, -0.05) is 28.1 Å². The van der Waals surface area contributed by atoms with Gasteiger partial charge in [0.25, 0.3) is 5.69 Å². The summed E-state index contributed by atoms with van der Waals surface area (Å²) in [5.41, 5.74) is 0.837. The maximum Gasteiger partial charge on any atom is 0.272 e. The third-order valence-electron chi connectivity index (χ3n) is 2.54. The van der Waals surface area contributed by atoms with Gasteiger partial charge in [0.2, 0.25) is 0 Å². The SMILES string of the molecule is Cc1ccc(C(O)C(O)CCBr)cc1[N+](=O)[O-]. The van der Waals surface area contributed by atoms with Crippen molar-refractivity contribution in [1.29, 1.82) is 0 Å². The summed E-state index contributed by atoms with van der Waals surface area (Å²) < 4.78 is 0. The second-order valence-electron chi connectivity index (χ2n) is 3.79. The van der Waals surface area contributed by atoms with E-state index in [0.29, 0.717) is 22.9 Å². The van der Waals surface area contributed by atoms with E-state index in [1.165, 1.54) is 6.07 Å². The van der Waals surface area contributed by atoms with Crippen molar-refractivity contribution in [3.05, 3.63) is 39.4 Å². The number of hydrogen-bond donors (Lipinski definition) is 2. The molecule has 0 heterocycles. The number of nitro benzene ring substituents is 1. The van der Waals surface area contributed by atoms with Crippen molar-refractivity contribution in [1.82, 2.24) is 0 Å². The van der Waals surface area contributed by atoms with Gasteiger partial charge in [0.05, 0.1) is 11.0 Å². The van der Waals surface area contributed by atoms with E-state index in [-0.39, 0.29) is 5.69 Å². The molecule has 2 N–H and O–H groups in total. The summed E-state index contributed by atoms with van der Waals surface area (Å²) >= 11 is 3.16. The lowest BCUT2D eigenvalue weighted by atomic mass is 10.0. The first-order chi connectivity index (χ1) is 7.97. The molecule has 1 rings (SSSR count). The van der Waals surface area contributed by atoms with Gasteiger partial charge in [-0.15, -0.1) is 0 Å². The molecule has 0 radical (unpaired) electrons. The number of alkyl halides is 1. The van der Waals surface area contributed by atoms with Gasteiger partial charge in [-0.2, -0.15) is 0 Å². The maximum absolute atomic E-state index is 10.7. The highest BCUT2D eigenvalue weighted by Gasteiger charge is 2.21. The molecule has 0 fully saturated rings. The van der Waals surface area contributed by atoms with Gasteiger partial charge in [-0.3, -0.25) is 10.1 Å². The van der Waals surface area contributed by atoms with Crippen molar-refractivity contribution < 1.29 is 15.1 Å². The molecule has 0 amide bonds. The minimum absolute atomic E-state index is 0.0485. The Hall–Kier alpha value is -0.980. The van der Waals surface area contributed by atoms with Gasteiger partial charge >= 0.3 is 0 Å². The molecule has 0 aliphatic carbocycles. The summed E-state index contributed by atoms with van der Waals surface area (Å²) in [5, 5.41) is 30.7. The molecule has 0 aliphatic rings. The Morgan fingerprint density at radius 1 is 1.47 bits per heavy atom. The molecule has 0 saturated heterocycles. The Bertz CT molecular complexity index is 410. The fourth-order valence-corrected chi connectivity index (χ4v) is 1.97. The van der Waals surface area contributed by atoms with Gasteiger partial charge in [-0.25, -0.2) is 0 Å². The summed E-state index contributed by atoms with van der Waals surface area (Å²) in [4.78, 5) is 10.2. The molecule has 0 aromatic heterocycles. The molecule has 0 bridgehead atoms. The van der Waals surface area contributed by atoms with Gasteiger partial charge in [0.15, 0.2) is 0 Å². The largest absolute Gasteiger partial charge is 0.390 e. The van der Waals surface area contributed by atoms with Crippen molar-refractivity contribution in [2.75, 3.05) is 5.33 Å². The molecule has 5 nitrogen and oxygen atoms in total. The van der Waals surface area contributed by atoms with Crippen LogP contribution in [0.2, 0.25) is 0 Å². The zero-order valence-electron chi connectivity index (χ0n) is 9.34. The molecule has 1 aromatic rings. The van der Waals surface area contributed by atoms with Crippen molar-refractivity contribution in [2.24, 2.45) is 0 Å². The van der Waals surface area contributed by atoms with Crippen molar-refractivity contribution in [3.8, 4) is 0 Å². The van der Waals surface area contributed by atoms with Crippen molar-refractivity contribution >= 4 is 21.6 Å². The minimum atomic E-state index is -1.10. The van der Waals surface area contributed by atoms with Gasteiger partial charge in [-0.05, 0) is 18.9 Å².